The Bertz CT molecular complexity index is 929. The van der Waals surface area contributed by atoms with Crippen molar-refractivity contribution in [1.29, 1.82) is 5.41 Å². The van der Waals surface area contributed by atoms with Crippen molar-refractivity contribution in [2.45, 2.75) is 30.7 Å². The Hall–Kier alpha value is -2.72. The van der Waals surface area contributed by atoms with Gasteiger partial charge in [0.05, 0.1) is 5.52 Å². The van der Waals surface area contributed by atoms with E-state index in [2.05, 4.69) is 15.0 Å². The van der Waals surface area contributed by atoms with Crippen molar-refractivity contribution in [3.63, 3.8) is 0 Å². The third-order valence-electron chi connectivity index (χ3n) is 3.68. The first-order valence-electron chi connectivity index (χ1n) is 7.89. The number of fused-ring (bicyclic) bond motifs is 1. The van der Waals surface area contributed by atoms with Crippen LogP contribution in [0.5, 0.6) is 0 Å². The molecule has 10 heteroatoms. The number of para-hydroxylation sites is 1. The zero-order valence-electron chi connectivity index (χ0n) is 14.2. The summed E-state index contributed by atoms with van der Waals surface area (Å²) in [6.45, 7) is 2.12. The molecule has 140 valence electrons. The molecule has 26 heavy (non-hydrogen) atoms. The third kappa shape index (κ3) is 4.90. The zero-order chi connectivity index (χ0) is 19.3. The summed E-state index contributed by atoms with van der Waals surface area (Å²) in [6.07, 6.45) is 1.93. The van der Waals surface area contributed by atoms with Crippen LogP contribution in [0.3, 0.4) is 0 Å². The minimum absolute atomic E-state index is 0.0478. The van der Waals surface area contributed by atoms with Gasteiger partial charge >= 0.3 is 5.97 Å². The summed E-state index contributed by atoms with van der Waals surface area (Å²) in [4.78, 5) is 15.5. The van der Waals surface area contributed by atoms with Gasteiger partial charge in [-0.25, -0.2) is 8.42 Å². The number of carbonyl (C=O) groups is 1. The summed E-state index contributed by atoms with van der Waals surface area (Å²) in [7, 11) is -4.08. The van der Waals surface area contributed by atoms with E-state index in [1.165, 1.54) is 6.07 Å². The molecule has 1 heterocycles. The number of carboxylic acids is 1. The second-order valence-electron chi connectivity index (χ2n) is 5.84. The molecule has 0 spiro atoms. The predicted molar refractivity (Wildman–Crippen MR) is 97.4 cm³/mol. The highest BCUT2D eigenvalue weighted by Crippen LogP contribution is 2.22. The van der Waals surface area contributed by atoms with Gasteiger partial charge in [0, 0.05) is 18.1 Å². The molecule has 1 unspecified atom stereocenters. The van der Waals surface area contributed by atoms with Crippen molar-refractivity contribution in [2.24, 2.45) is 5.73 Å². The summed E-state index contributed by atoms with van der Waals surface area (Å²) in [5, 5.41) is 19.6. The molecule has 6 N–H and O–H groups in total. The molecule has 2 aromatic rings. The van der Waals surface area contributed by atoms with Gasteiger partial charge in [-0.05, 0) is 37.5 Å². The van der Waals surface area contributed by atoms with Gasteiger partial charge in [0.2, 0.25) is 10.0 Å². The molecule has 0 aliphatic heterocycles. The number of sulfonamides is 1. The van der Waals surface area contributed by atoms with E-state index in [-0.39, 0.29) is 29.3 Å². The van der Waals surface area contributed by atoms with Crippen molar-refractivity contribution in [3.05, 3.63) is 36.0 Å². The average Bonchev–Trinajstić information content (AvgIpc) is 2.56. The van der Waals surface area contributed by atoms with Gasteiger partial charge < -0.3 is 16.2 Å². The van der Waals surface area contributed by atoms with Crippen LogP contribution in [0.4, 0.5) is 0 Å². The first-order chi connectivity index (χ1) is 12.2. The molecule has 0 amide bonds. The number of hydrogen-bond acceptors (Lipinski definition) is 5. The highest BCUT2D eigenvalue weighted by atomic mass is 32.2. The molecule has 1 aromatic heterocycles. The van der Waals surface area contributed by atoms with Crippen molar-refractivity contribution >= 4 is 32.9 Å². The number of nitrogens with two attached hydrogens (primary N) is 1. The van der Waals surface area contributed by atoms with Gasteiger partial charge in [-0.15, -0.1) is 0 Å². The van der Waals surface area contributed by atoms with Gasteiger partial charge in [-0.2, -0.15) is 4.72 Å². The van der Waals surface area contributed by atoms with Crippen LogP contribution in [0.1, 0.15) is 18.4 Å². The number of guanidine groups is 1. The Kier molecular flexibility index (Phi) is 6.11. The van der Waals surface area contributed by atoms with Crippen LogP contribution in [0.25, 0.3) is 10.9 Å². The molecular formula is C16H21N5O4S. The van der Waals surface area contributed by atoms with Gasteiger partial charge in [-0.1, -0.05) is 12.1 Å². The van der Waals surface area contributed by atoms with E-state index >= 15 is 0 Å². The van der Waals surface area contributed by atoms with Crippen molar-refractivity contribution < 1.29 is 18.3 Å². The summed E-state index contributed by atoms with van der Waals surface area (Å²) < 4.78 is 27.6. The fraction of sp³-hybridized carbons (Fsp3) is 0.312. The second-order valence-corrected chi connectivity index (χ2v) is 7.52. The zero-order valence-corrected chi connectivity index (χ0v) is 15.0. The van der Waals surface area contributed by atoms with E-state index in [0.717, 1.165) is 5.56 Å². The van der Waals surface area contributed by atoms with E-state index in [1.54, 1.807) is 18.3 Å². The van der Waals surface area contributed by atoms with Crippen molar-refractivity contribution in [3.8, 4) is 0 Å². The van der Waals surface area contributed by atoms with E-state index in [1.807, 2.05) is 13.0 Å². The van der Waals surface area contributed by atoms with Crippen LogP contribution in [0.15, 0.2) is 35.4 Å². The molecule has 0 saturated heterocycles. The summed E-state index contributed by atoms with van der Waals surface area (Å²) >= 11 is 0. The highest BCUT2D eigenvalue weighted by molar-refractivity contribution is 7.89. The van der Waals surface area contributed by atoms with Crippen LogP contribution < -0.4 is 15.8 Å². The maximum Gasteiger partial charge on any atom is 0.321 e. The van der Waals surface area contributed by atoms with Crippen LogP contribution in [0, 0.1) is 12.3 Å². The highest BCUT2D eigenvalue weighted by Gasteiger charge is 2.26. The molecule has 0 aliphatic carbocycles. The topological polar surface area (TPSA) is 158 Å². The standard InChI is InChI=1S/C16H21N5O4S/c1-10-8-11-4-2-6-13(14(11)20-9-10)26(24,25)21-12(15(22)23)5-3-7-19-16(17)18/h2,4,6,8-9,12,21H,3,5,7H2,1H3,(H,22,23)(H4,17,18,19). The van der Waals surface area contributed by atoms with E-state index in [9.17, 15) is 18.3 Å². The van der Waals surface area contributed by atoms with Gasteiger partial charge in [0.15, 0.2) is 5.96 Å². The van der Waals surface area contributed by atoms with Gasteiger partial charge in [0.25, 0.3) is 0 Å². The quantitative estimate of drug-likeness (QED) is 0.254. The molecule has 0 aliphatic rings. The molecule has 1 aromatic carbocycles. The molecule has 9 nitrogen and oxygen atoms in total. The smallest absolute Gasteiger partial charge is 0.321 e. The average molecular weight is 379 g/mol. The van der Waals surface area contributed by atoms with Crippen LogP contribution in [0.2, 0.25) is 0 Å². The van der Waals surface area contributed by atoms with Crippen molar-refractivity contribution in [1.82, 2.24) is 15.0 Å². The molecular weight excluding hydrogens is 358 g/mol. The molecule has 0 bridgehead atoms. The Labute approximate surface area is 151 Å². The number of benzene rings is 1. The monoisotopic (exact) mass is 379 g/mol. The summed E-state index contributed by atoms with van der Waals surface area (Å²) in [5.41, 5.74) is 6.32. The van der Waals surface area contributed by atoms with Crippen LogP contribution >= 0.6 is 0 Å². The largest absolute Gasteiger partial charge is 0.480 e. The lowest BCUT2D eigenvalue weighted by atomic mass is 10.2. The number of carboxylic acid groups (broad SMARTS) is 1. The number of aliphatic carboxylic acids is 1. The Balaban J connectivity index is 2.23. The SMILES string of the molecule is Cc1cnc2c(S(=O)(=O)NC(CCCNC(=N)N)C(=O)O)cccc2c1. The summed E-state index contributed by atoms with van der Waals surface area (Å²) in [5.74, 6) is -1.50. The Morgan fingerprint density at radius 1 is 1.42 bits per heavy atom. The molecule has 0 radical (unpaired) electrons. The van der Waals surface area contributed by atoms with Crippen molar-refractivity contribution in [2.75, 3.05) is 6.54 Å². The van der Waals surface area contributed by atoms with E-state index in [4.69, 9.17) is 11.1 Å². The number of aromatic nitrogens is 1. The first-order valence-corrected chi connectivity index (χ1v) is 9.37. The van der Waals surface area contributed by atoms with Crippen LogP contribution in [-0.4, -0.2) is 43.0 Å². The van der Waals surface area contributed by atoms with E-state index in [0.29, 0.717) is 11.8 Å². The lowest BCUT2D eigenvalue weighted by Gasteiger charge is -2.16. The normalized spacial score (nSPS) is 12.7. The van der Waals surface area contributed by atoms with Gasteiger partial charge in [-0.3, -0.25) is 15.2 Å². The summed E-state index contributed by atoms with van der Waals surface area (Å²) in [6, 6.07) is 5.24. The number of nitrogens with zero attached hydrogens (tertiary/aromatic N) is 1. The minimum atomic E-state index is -4.08. The number of pyridine rings is 1. The Morgan fingerprint density at radius 3 is 2.81 bits per heavy atom. The molecule has 2 rings (SSSR count). The lowest BCUT2D eigenvalue weighted by Crippen LogP contribution is -2.41. The van der Waals surface area contributed by atoms with Crippen LogP contribution in [-0.2, 0) is 14.8 Å². The molecule has 0 fully saturated rings. The predicted octanol–water partition coefficient (Wildman–Crippen LogP) is 0.538. The Morgan fingerprint density at radius 2 is 2.15 bits per heavy atom. The number of rotatable bonds is 8. The third-order valence-corrected chi connectivity index (χ3v) is 5.18. The maximum atomic E-state index is 12.7. The number of hydrogen-bond donors (Lipinski definition) is 5. The molecule has 0 saturated carbocycles. The van der Waals surface area contributed by atoms with Gasteiger partial charge in [0.1, 0.15) is 10.9 Å². The molecule has 1 atom stereocenters. The fourth-order valence-electron chi connectivity index (χ4n) is 2.47. The number of aryl methyl sites for hydroxylation is 1. The lowest BCUT2D eigenvalue weighted by molar-refractivity contribution is -0.139. The first kappa shape index (κ1) is 19.6. The van der Waals surface area contributed by atoms with E-state index < -0.39 is 22.0 Å². The fourth-order valence-corrected chi connectivity index (χ4v) is 3.88. The minimum Gasteiger partial charge on any atom is -0.480 e. The maximum absolute atomic E-state index is 12.7. The second kappa shape index (κ2) is 8.11. The number of nitrogens with one attached hydrogen (secondary N) is 3.